The highest BCUT2D eigenvalue weighted by molar-refractivity contribution is 5.68. The average Bonchev–Trinajstić information content (AvgIpc) is 2.86. The first-order valence-electron chi connectivity index (χ1n) is 5.29. The molecule has 0 aliphatic heterocycles. The minimum absolute atomic E-state index is 0.381. The molecule has 0 fully saturated rings. The second kappa shape index (κ2) is 4.93. The van der Waals surface area contributed by atoms with Gasteiger partial charge in [-0.05, 0) is 30.3 Å². The van der Waals surface area contributed by atoms with Crippen molar-refractivity contribution >= 4 is 0 Å². The van der Waals surface area contributed by atoms with Gasteiger partial charge in [0.15, 0.2) is 0 Å². The van der Waals surface area contributed by atoms with Crippen molar-refractivity contribution in [3.8, 4) is 22.8 Å². The molecule has 17 heavy (non-hydrogen) atoms. The molecule has 1 aromatic carbocycles. The van der Waals surface area contributed by atoms with Gasteiger partial charge in [-0.25, -0.2) is 0 Å². The van der Waals surface area contributed by atoms with Gasteiger partial charge in [-0.1, -0.05) is 0 Å². The Kier molecular flexibility index (Phi) is 3.35. The summed E-state index contributed by atoms with van der Waals surface area (Å²) in [6.45, 7) is 0.381. The summed E-state index contributed by atoms with van der Waals surface area (Å²) in [5.41, 5.74) is 6.37. The van der Waals surface area contributed by atoms with Crippen molar-refractivity contribution in [1.29, 1.82) is 0 Å². The van der Waals surface area contributed by atoms with Crippen LogP contribution in [0.15, 0.2) is 34.7 Å². The standard InChI is InChI=1S/C13H15NO3/c1-15-9-3-5-12(16-2)11(7-9)13-6-4-10(8-14)17-13/h3-7H,8,14H2,1-2H3. The van der Waals surface area contributed by atoms with Crippen LogP contribution >= 0.6 is 0 Å². The fourth-order valence-corrected chi connectivity index (χ4v) is 1.64. The van der Waals surface area contributed by atoms with Crippen LogP contribution in [0.25, 0.3) is 11.3 Å². The van der Waals surface area contributed by atoms with Crippen molar-refractivity contribution < 1.29 is 13.9 Å². The molecule has 0 amide bonds. The summed E-state index contributed by atoms with van der Waals surface area (Å²) in [4.78, 5) is 0. The lowest BCUT2D eigenvalue weighted by atomic mass is 10.1. The van der Waals surface area contributed by atoms with Gasteiger partial charge in [-0.3, -0.25) is 0 Å². The fourth-order valence-electron chi connectivity index (χ4n) is 1.64. The van der Waals surface area contributed by atoms with E-state index in [2.05, 4.69) is 0 Å². The SMILES string of the molecule is COc1ccc(OC)c(-c2ccc(CN)o2)c1. The zero-order valence-electron chi connectivity index (χ0n) is 9.90. The molecule has 0 atom stereocenters. The summed E-state index contributed by atoms with van der Waals surface area (Å²) < 4.78 is 16.1. The van der Waals surface area contributed by atoms with E-state index in [0.29, 0.717) is 6.54 Å². The van der Waals surface area contributed by atoms with E-state index >= 15 is 0 Å². The van der Waals surface area contributed by atoms with E-state index in [1.54, 1.807) is 14.2 Å². The molecule has 0 saturated carbocycles. The van der Waals surface area contributed by atoms with E-state index in [-0.39, 0.29) is 0 Å². The van der Waals surface area contributed by atoms with E-state index in [4.69, 9.17) is 19.6 Å². The van der Waals surface area contributed by atoms with Crippen LogP contribution < -0.4 is 15.2 Å². The molecule has 2 aromatic rings. The predicted octanol–water partition coefficient (Wildman–Crippen LogP) is 2.42. The van der Waals surface area contributed by atoms with E-state index in [9.17, 15) is 0 Å². The summed E-state index contributed by atoms with van der Waals surface area (Å²) in [5.74, 6) is 2.96. The minimum atomic E-state index is 0.381. The number of furan rings is 1. The van der Waals surface area contributed by atoms with Crippen LogP contribution in [0.4, 0.5) is 0 Å². The molecule has 0 radical (unpaired) electrons. The van der Waals surface area contributed by atoms with E-state index in [1.807, 2.05) is 30.3 Å². The first-order chi connectivity index (χ1) is 8.28. The molecule has 4 nitrogen and oxygen atoms in total. The molecule has 4 heteroatoms. The first kappa shape index (κ1) is 11.5. The van der Waals surface area contributed by atoms with Crippen molar-refractivity contribution in [2.75, 3.05) is 14.2 Å². The molecule has 90 valence electrons. The Labute approximate surface area is 99.9 Å². The zero-order valence-corrected chi connectivity index (χ0v) is 9.90. The van der Waals surface area contributed by atoms with E-state index in [1.165, 1.54) is 0 Å². The molecule has 0 aliphatic rings. The van der Waals surface area contributed by atoms with Crippen molar-refractivity contribution in [2.45, 2.75) is 6.54 Å². The van der Waals surface area contributed by atoms with Gasteiger partial charge in [0.1, 0.15) is 23.0 Å². The molecule has 1 aromatic heterocycles. The molecule has 1 heterocycles. The molecular weight excluding hydrogens is 218 g/mol. The lowest BCUT2D eigenvalue weighted by Crippen LogP contribution is -1.93. The molecule has 0 saturated heterocycles. The molecule has 0 aliphatic carbocycles. The monoisotopic (exact) mass is 233 g/mol. The van der Waals surface area contributed by atoms with E-state index in [0.717, 1.165) is 28.6 Å². The van der Waals surface area contributed by atoms with Crippen molar-refractivity contribution in [3.05, 3.63) is 36.1 Å². The maximum absolute atomic E-state index is 5.60. The van der Waals surface area contributed by atoms with Crippen molar-refractivity contribution in [1.82, 2.24) is 0 Å². The number of hydrogen-bond acceptors (Lipinski definition) is 4. The normalized spacial score (nSPS) is 10.3. The van der Waals surface area contributed by atoms with Gasteiger partial charge in [0.25, 0.3) is 0 Å². The van der Waals surface area contributed by atoms with Crippen molar-refractivity contribution in [3.63, 3.8) is 0 Å². The Bertz CT molecular complexity index is 505. The fraction of sp³-hybridized carbons (Fsp3) is 0.231. The Morgan fingerprint density at radius 1 is 1.12 bits per heavy atom. The van der Waals surface area contributed by atoms with Crippen LogP contribution in [0, 0.1) is 0 Å². The second-order valence-electron chi connectivity index (χ2n) is 3.54. The first-order valence-corrected chi connectivity index (χ1v) is 5.29. The van der Waals surface area contributed by atoms with E-state index < -0.39 is 0 Å². The number of ether oxygens (including phenoxy) is 2. The van der Waals surface area contributed by atoms with Gasteiger partial charge in [0, 0.05) is 0 Å². The zero-order chi connectivity index (χ0) is 12.3. The highest BCUT2D eigenvalue weighted by atomic mass is 16.5. The largest absolute Gasteiger partial charge is 0.497 e. The van der Waals surface area contributed by atoms with Crippen molar-refractivity contribution in [2.24, 2.45) is 5.73 Å². The Morgan fingerprint density at radius 3 is 2.53 bits per heavy atom. The van der Waals surface area contributed by atoms with Crippen LogP contribution in [-0.2, 0) is 6.54 Å². The summed E-state index contributed by atoms with van der Waals surface area (Å²) in [6.07, 6.45) is 0. The van der Waals surface area contributed by atoms with Gasteiger partial charge < -0.3 is 19.6 Å². The smallest absolute Gasteiger partial charge is 0.138 e. The summed E-state index contributed by atoms with van der Waals surface area (Å²) >= 11 is 0. The lowest BCUT2D eigenvalue weighted by molar-refractivity contribution is 0.402. The summed E-state index contributed by atoms with van der Waals surface area (Å²) in [5, 5.41) is 0. The quantitative estimate of drug-likeness (QED) is 0.881. The van der Waals surface area contributed by atoms with Crippen LogP contribution in [0.5, 0.6) is 11.5 Å². The Hall–Kier alpha value is -1.94. The maximum Gasteiger partial charge on any atom is 0.138 e. The van der Waals surface area contributed by atoms with Crippen LogP contribution in [-0.4, -0.2) is 14.2 Å². The summed E-state index contributed by atoms with van der Waals surface area (Å²) in [7, 11) is 3.25. The van der Waals surface area contributed by atoms with Crippen LogP contribution in [0.2, 0.25) is 0 Å². The maximum atomic E-state index is 5.60. The number of rotatable bonds is 4. The third-order valence-electron chi connectivity index (χ3n) is 2.53. The van der Waals surface area contributed by atoms with Gasteiger partial charge in [-0.15, -0.1) is 0 Å². The summed E-state index contributed by atoms with van der Waals surface area (Å²) in [6, 6.07) is 9.29. The molecule has 0 bridgehead atoms. The number of benzene rings is 1. The Balaban J connectivity index is 2.47. The van der Waals surface area contributed by atoms with Crippen LogP contribution in [0.3, 0.4) is 0 Å². The number of hydrogen-bond donors (Lipinski definition) is 1. The molecule has 0 spiro atoms. The molecule has 2 N–H and O–H groups in total. The third-order valence-corrected chi connectivity index (χ3v) is 2.53. The molecule has 2 rings (SSSR count). The molecule has 0 unspecified atom stereocenters. The number of nitrogens with two attached hydrogens (primary N) is 1. The lowest BCUT2D eigenvalue weighted by Gasteiger charge is -2.08. The Morgan fingerprint density at radius 2 is 1.94 bits per heavy atom. The predicted molar refractivity (Wildman–Crippen MR) is 65.1 cm³/mol. The highest BCUT2D eigenvalue weighted by Crippen LogP contribution is 2.34. The van der Waals surface area contributed by atoms with Gasteiger partial charge in [0.05, 0.1) is 26.3 Å². The topological polar surface area (TPSA) is 57.6 Å². The minimum Gasteiger partial charge on any atom is -0.497 e. The molecular formula is C13H15NO3. The number of methoxy groups -OCH3 is 2. The second-order valence-corrected chi connectivity index (χ2v) is 3.54. The van der Waals surface area contributed by atoms with Gasteiger partial charge >= 0.3 is 0 Å². The highest BCUT2D eigenvalue weighted by Gasteiger charge is 2.11. The van der Waals surface area contributed by atoms with Gasteiger partial charge in [0.2, 0.25) is 0 Å². The average molecular weight is 233 g/mol. The van der Waals surface area contributed by atoms with Crippen LogP contribution in [0.1, 0.15) is 5.76 Å². The van der Waals surface area contributed by atoms with Gasteiger partial charge in [-0.2, -0.15) is 0 Å². The third kappa shape index (κ3) is 2.26.